The maximum absolute atomic E-state index is 13.3. The van der Waals surface area contributed by atoms with Gasteiger partial charge in [0, 0.05) is 50.7 Å². The lowest BCUT2D eigenvalue weighted by Gasteiger charge is -2.26. The van der Waals surface area contributed by atoms with Crippen LogP contribution in [0.15, 0.2) is 67.0 Å². The van der Waals surface area contributed by atoms with Crippen molar-refractivity contribution < 1.29 is 4.79 Å². The summed E-state index contributed by atoms with van der Waals surface area (Å²) in [5, 5.41) is 9.43. The fraction of sp³-hybridized carbons (Fsp3) is 0.310. The minimum atomic E-state index is 0.0447. The van der Waals surface area contributed by atoms with E-state index in [4.69, 9.17) is 10.1 Å². The first-order chi connectivity index (χ1) is 18.2. The number of aromatic nitrogens is 5. The predicted molar refractivity (Wildman–Crippen MR) is 144 cm³/mol. The molecule has 0 bridgehead atoms. The average Bonchev–Trinajstić information content (AvgIpc) is 3.52. The molecule has 1 aliphatic heterocycles. The van der Waals surface area contributed by atoms with E-state index in [9.17, 15) is 4.79 Å². The summed E-state index contributed by atoms with van der Waals surface area (Å²) in [6.07, 6.45) is 4.65. The number of Topliss-reactive ketones (excluding diaryl/α,β-unsaturated/α-hetero) is 1. The van der Waals surface area contributed by atoms with Crippen LogP contribution in [-0.2, 0) is 25.9 Å². The summed E-state index contributed by atoms with van der Waals surface area (Å²) in [6.45, 7) is 7.73. The van der Waals surface area contributed by atoms with Crippen molar-refractivity contribution >= 4 is 22.3 Å². The highest BCUT2D eigenvalue weighted by Gasteiger charge is 2.19. The third-order valence-corrected chi connectivity index (χ3v) is 7.10. The summed E-state index contributed by atoms with van der Waals surface area (Å²) in [5.74, 6) is 0.0447. The highest BCUT2D eigenvalue weighted by Crippen LogP contribution is 2.26. The minimum absolute atomic E-state index is 0.0447. The molecule has 0 saturated carbocycles. The van der Waals surface area contributed by atoms with E-state index >= 15 is 0 Å². The number of rotatable bonds is 8. The van der Waals surface area contributed by atoms with Gasteiger partial charge in [0.2, 0.25) is 0 Å². The molecule has 1 saturated heterocycles. The Labute approximate surface area is 216 Å². The van der Waals surface area contributed by atoms with Crippen molar-refractivity contribution in [2.24, 2.45) is 0 Å². The maximum atomic E-state index is 13.3. The number of nitrogens with zero attached hydrogens (tertiary/aromatic N) is 6. The van der Waals surface area contributed by atoms with Crippen LogP contribution < -0.4 is 5.32 Å². The van der Waals surface area contributed by atoms with Crippen LogP contribution in [0.1, 0.15) is 40.1 Å². The molecule has 5 aromatic rings. The summed E-state index contributed by atoms with van der Waals surface area (Å²) in [4.78, 5) is 25.1. The van der Waals surface area contributed by atoms with E-state index in [1.54, 1.807) is 6.20 Å². The number of hydrogen-bond donors (Lipinski definition) is 1. The van der Waals surface area contributed by atoms with Gasteiger partial charge in [0.1, 0.15) is 11.3 Å². The van der Waals surface area contributed by atoms with Gasteiger partial charge in [-0.3, -0.25) is 23.8 Å². The van der Waals surface area contributed by atoms with E-state index in [1.165, 1.54) is 0 Å². The van der Waals surface area contributed by atoms with Crippen LogP contribution >= 0.6 is 0 Å². The highest BCUT2D eigenvalue weighted by molar-refractivity contribution is 5.99. The molecular formula is C29H31N7O. The van der Waals surface area contributed by atoms with Gasteiger partial charge in [0.05, 0.1) is 35.3 Å². The normalized spacial score (nSPS) is 14.5. The van der Waals surface area contributed by atoms with Crippen molar-refractivity contribution in [1.82, 2.24) is 34.4 Å². The van der Waals surface area contributed by atoms with Crippen LogP contribution in [0.2, 0.25) is 0 Å². The molecular weight excluding hydrogens is 462 g/mol. The molecule has 37 heavy (non-hydrogen) atoms. The molecule has 0 aliphatic carbocycles. The van der Waals surface area contributed by atoms with Crippen LogP contribution in [0.25, 0.3) is 16.6 Å². The number of hydrogen-bond acceptors (Lipinski definition) is 6. The molecule has 5 heterocycles. The van der Waals surface area contributed by atoms with E-state index in [0.717, 1.165) is 78.3 Å². The van der Waals surface area contributed by atoms with Crippen LogP contribution in [0, 0.1) is 0 Å². The molecule has 8 heteroatoms. The predicted octanol–water partition coefficient (Wildman–Crippen LogP) is 3.52. The fourth-order valence-corrected chi connectivity index (χ4v) is 5.26. The molecule has 0 unspecified atom stereocenters. The Morgan fingerprint density at radius 3 is 2.62 bits per heavy atom. The maximum Gasteiger partial charge on any atom is 0.185 e. The molecule has 1 fully saturated rings. The third kappa shape index (κ3) is 4.77. The Kier molecular flexibility index (Phi) is 6.51. The second-order valence-corrected chi connectivity index (χ2v) is 9.59. The molecule has 4 aromatic heterocycles. The highest BCUT2D eigenvalue weighted by atomic mass is 16.1. The lowest BCUT2D eigenvalue weighted by Crippen LogP contribution is -2.43. The number of benzene rings is 1. The zero-order valence-electron chi connectivity index (χ0n) is 21.1. The summed E-state index contributed by atoms with van der Waals surface area (Å²) in [7, 11) is 0. The van der Waals surface area contributed by atoms with Crippen LogP contribution in [0.5, 0.6) is 0 Å². The molecule has 1 aliphatic rings. The van der Waals surface area contributed by atoms with Gasteiger partial charge >= 0.3 is 0 Å². The zero-order valence-corrected chi connectivity index (χ0v) is 21.1. The number of imidazole rings is 1. The van der Waals surface area contributed by atoms with E-state index in [0.29, 0.717) is 18.7 Å². The van der Waals surface area contributed by atoms with Crippen molar-refractivity contribution in [3.05, 3.63) is 95.3 Å². The number of aryl methyl sites for hydroxylation is 1. The van der Waals surface area contributed by atoms with Crippen molar-refractivity contribution in [2.75, 3.05) is 26.2 Å². The average molecular weight is 494 g/mol. The minimum Gasteiger partial charge on any atom is -0.314 e. The molecule has 8 nitrogen and oxygen atoms in total. The first-order valence-electron chi connectivity index (χ1n) is 13.0. The summed E-state index contributed by atoms with van der Waals surface area (Å²) in [6, 6.07) is 18.2. The number of fused-ring (bicyclic) bond motifs is 2. The van der Waals surface area contributed by atoms with Crippen LogP contribution in [0.4, 0.5) is 0 Å². The third-order valence-electron chi connectivity index (χ3n) is 7.10. The summed E-state index contributed by atoms with van der Waals surface area (Å²) in [5.41, 5.74) is 6.50. The van der Waals surface area contributed by atoms with Crippen LogP contribution in [-0.4, -0.2) is 61.0 Å². The molecule has 1 aromatic carbocycles. The fourth-order valence-electron chi connectivity index (χ4n) is 5.26. The van der Waals surface area contributed by atoms with E-state index < -0.39 is 0 Å². The molecule has 1 N–H and O–H groups in total. The number of ketones is 1. The molecule has 0 radical (unpaired) electrons. The number of piperazine rings is 1. The zero-order chi connectivity index (χ0) is 25.2. The Morgan fingerprint density at radius 1 is 0.973 bits per heavy atom. The van der Waals surface area contributed by atoms with Crippen molar-refractivity contribution in [3.63, 3.8) is 0 Å². The van der Waals surface area contributed by atoms with Gasteiger partial charge < -0.3 is 5.32 Å². The van der Waals surface area contributed by atoms with Gasteiger partial charge in [-0.15, -0.1) is 0 Å². The Morgan fingerprint density at radius 2 is 1.78 bits per heavy atom. The second-order valence-electron chi connectivity index (χ2n) is 9.59. The smallest absolute Gasteiger partial charge is 0.185 e. The SMILES string of the molecule is CCc1nn(Cc2cccc(CN3CCNCC3)n2)c2cccc(CC(=O)c3cnc4ccccn34)c12. The largest absolute Gasteiger partial charge is 0.314 e. The Balaban J connectivity index is 1.28. The van der Waals surface area contributed by atoms with Crippen molar-refractivity contribution in [2.45, 2.75) is 32.9 Å². The van der Waals surface area contributed by atoms with Gasteiger partial charge in [-0.25, -0.2) is 4.98 Å². The topological polar surface area (TPSA) is 80.3 Å². The number of carbonyl (C=O) groups is 1. The number of nitrogens with one attached hydrogen (secondary N) is 1. The lowest BCUT2D eigenvalue weighted by molar-refractivity contribution is 0.0987. The number of pyridine rings is 2. The molecule has 0 amide bonds. The van der Waals surface area contributed by atoms with E-state index in [-0.39, 0.29) is 5.78 Å². The van der Waals surface area contributed by atoms with Gasteiger partial charge in [-0.2, -0.15) is 5.10 Å². The lowest BCUT2D eigenvalue weighted by atomic mass is 10.0. The number of carbonyl (C=O) groups excluding carboxylic acids is 1. The Hall–Kier alpha value is -3.88. The summed E-state index contributed by atoms with van der Waals surface area (Å²) >= 11 is 0. The molecule has 0 spiro atoms. The van der Waals surface area contributed by atoms with Gasteiger partial charge in [0.15, 0.2) is 5.78 Å². The van der Waals surface area contributed by atoms with E-state index in [2.05, 4.69) is 46.4 Å². The van der Waals surface area contributed by atoms with E-state index in [1.807, 2.05) is 45.6 Å². The molecule has 6 rings (SSSR count). The van der Waals surface area contributed by atoms with Gasteiger partial charge in [-0.05, 0) is 42.3 Å². The summed E-state index contributed by atoms with van der Waals surface area (Å²) < 4.78 is 3.89. The van der Waals surface area contributed by atoms with Crippen molar-refractivity contribution in [3.8, 4) is 0 Å². The van der Waals surface area contributed by atoms with Gasteiger partial charge in [0.25, 0.3) is 0 Å². The first kappa shape index (κ1) is 23.5. The monoisotopic (exact) mass is 493 g/mol. The van der Waals surface area contributed by atoms with Crippen LogP contribution in [0.3, 0.4) is 0 Å². The standard InChI is InChI=1S/C29H31N7O/c1-2-24-29-21(17-27(37)26-18-31-28-11-3-4-14-35(26)28)7-5-10-25(29)36(33-24)20-23-9-6-8-22(32-23)19-34-15-12-30-13-16-34/h3-11,14,18,30H,2,12-13,15-17,19-20H2,1H3. The first-order valence-corrected chi connectivity index (χ1v) is 13.0. The molecule has 188 valence electrons. The van der Waals surface area contributed by atoms with Crippen molar-refractivity contribution in [1.29, 1.82) is 0 Å². The quantitative estimate of drug-likeness (QED) is 0.333. The Bertz CT molecular complexity index is 1560. The van der Waals surface area contributed by atoms with Gasteiger partial charge in [-0.1, -0.05) is 31.2 Å². The second kappa shape index (κ2) is 10.2. The molecule has 0 atom stereocenters.